The molecule has 0 amide bonds. The van der Waals surface area contributed by atoms with Crippen LogP contribution >= 0.6 is 0 Å². The van der Waals surface area contributed by atoms with Crippen LogP contribution < -0.4 is 0 Å². The smallest absolute Gasteiger partial charge is 0.306 e. The standard InChI is InChI=1S/C7H12O4/c8-2-4-1-5(7(10)11)6(4)3-9/h4-6,8-9H,1-3H2,(H,10,11)/t4-,5-,6-/m1/s1. The molecule has 1 fully saturated rings. The fraction of sp³-hybridized carbons (Fsp3) is 0.857. The van der Waals surface area contributed by atoms with Crippen molar-refractivity contribution in [3.05, 3.63) is 0 Å². The van der Waals surface area contributed by atoms with E-state index in [9.17, 15) is 4.79 Å². The third kappa shape index (κ3) is 1.36. The van der Waals surface area contributed by atoms with Gasteiger partial charge in [-0.25, -0.2) is 0 Å². The number of rotatable bonds is 3. The zero-order chi connectivity index (χ0) is 8.43. The summed E-state index contributed by atoms with van der Waals surface area (Å²) in [5.74, 6) is -1.57. The van der Waals surface area contributed by atoms with Crippen molar-refractivity contribution >= 4 is 5.97 Å². The van der Waals surface area contributed by atoms with E-state index in [0.29, 0.717) is 6.42 Å². The number of hydrogen-bond donors (Lipinski definition) is 3. The molecule has 3 atom stereocenters. The van der Waals surface area contributed by atoms with E-state index in [4.69, 9.17) is 15.3 Å². The van der Waals surface area contributed by atoms with Gasteiger partial charge in [0, 0.05) is 19.1 Å². The molecule has 11 heavy (non-hydrogen) atoms. The predicted molar refractivity (Wildman–Crippen MR) is 36.9 cm³/mol. The summed E-state index contributed by atoms with van der Waals surface area (Å²) >= 11 is 0. The van der Waals surface area contributed by atoms with Gasteiger partial charge in [0.25, 0.3) is 0 Å². The highest BCUT2D eigenvalue weighted by atomic mass is 16.4. The predicted octanol–water partition coefficient (Wildman–Crippen LogP) is -0.692. The van der Waals surface area contributed by atoms with Gasteiger partial charge in [0.15, 0.2) is 0 Å². The lowest BCUT2D eigenvalue weighted by Gasteiger charge is -2.40. The van der Waals surface area contributed by atoms with E-state index in [1.807, 2.05) is 0 Å². The van der Waals surface area contributed by atoms with Crippen molar-refractivity contribution in [1.29, 1.82) is 0 Å². The first-order valence-corrected chi connectivity index (χ1v) is 3.65. The van der Waals surface area contributed by atoms with Crippen LogP contribution in [0.5, 0.6) is 0 Å². The van der Waals surface area contributed by atoms with E-state index in [1.165, 1.54) is 0 Å². The van der Waals surface area contributed by atoms with E-state index in [2.05, 4.69) is 0 Å². The fourth-order valence-corrected chi connectivity index (χ4v) is 1.58. The Morgan fingerprint density at radius 3 is 2.36 bits per heavy atom. The molecule has 4 nitrogen and oxygen atoms in total. The lowest BCUT2D eigenvalue weighted by atomic mass is 9.65. The Hall–Kier alpha value is -0.610. The molecular formula is C7H12O4. The van der Waals surface area contributed by atoms with Gasteiger partial charge in [-0.1, -0.05) is 0 Å². The first-order valence-electron chi connectivity index (χ1n) is 3.65. The van der Waals surface area contributed by atoms with E-state index in [0.717, 1.165) is 0 Å². The van der Waals surface area contributed by atoms with Crippen molar-refractivity contribution in [1.82, 2.24) is 0 Å². The zero-order valence-corrected chi connectivity index (χ0v) is 6.10. The summed E-state index contributed by atoms with van der Waals surface area (Å²) in [6, 6.07) is 0. The first kappa shape index (κ1) is 8.49. The first-order chi connectivity index (χ1) is 5.20. The summed E-state index contributed by atoms with van der Waals surface area (Å²) in [7, 11) is 0. The molecule has 1 saturated carbocycles. The van der Waals surface area contributed by atoms with Gasteiger partial charge in [0.1, 0.15) is 0 Å². The van der Waals surface area contributed by atoms with Crippen LogP contribution in [-0.2, 0) is 4.79 Å². The second kappa shape index (κ2) is 3.19. The quantitative estimate of drug-likeness (QED) is 0.510. The molecule has 1 aliphatic carbocycles. The maximum Gasteiger partial charge on any atom is 0.306 e. The molecule has 0 aromatic heterocycles. The molecule has 0 heterocycles. The fourth-order valence-electron chi connectivity index (χ4n) is 1.58. The van der Waals surface area contributed by atoms with Crippen LogP contribution in [0.3, 0.4) is 0 Å². The molecule has 0 spiro atoms. The second-order valence-electron chi connectivity index (χ2n) is 2.97. The molecule has 0 aromatic carbocycles. The van der Waals surface area contributed by atoms with Crippen LogP contribution in [0, 0.1) is 17.8 Å². The molecular weight excluding hydrogens is 148 g/mol. The Balaban J connectivity index is 2.45. The average Bonchev–Trinajstić information content (AvgIpc) is 1.86. The van der Waals surface area contributed by atoms with Crippen molar-refractivity contribution in [2.75, 3.05) is 13.2 Å². The van der Waals surface area contributed by atoms with E-state index >= 15 is 0 Å². The minimum absolute atomic E-state index is 0.0129. The Morgan fingerprint density at radius 2 is 2.00 bits per heavy atom. The third-order valence-corrected chi connectivity index (χ3v) is 2.44. The highest BCUT2D eigenvalue weighted by molar-refractivity contribution is 5.71. The van der Waals surface area contributed by atoms with Gasteiger partial charge in [-0.15, -0.1) is 0 Å². The van der Waals surface area contributed by atoms with Crippen molar-refractivity contribution in [2.24, 2.45) is 17.8 Å². The van der Waals surface area contributed by atoms with Gasteiger partial charge in [-0.2, -0.15) is 0 Å². The van der Waals surface area contributed by atoms with Crippen molar-refractivity contribution in [2.45, 2.75) is 6.42 Å². The summed E-state index contributed by atoms with van der Waals surface area (Å²) in [4.78, 5) is 10.4. The minimum Gasteiger partial charge on any atom is -0.481 e. The van der Waals surface area contributed by atoms with Gasteiger partial charge >= 0.3 is 5.97 Å². The Kier molecular flexibility index (Phi) is 2.46. The number of aliphatic carboxylic acids is 1. The van der Waals surface area contributed by atoms with E-state index < -0.39 is 11.9 Å². The van der Waals surface area contributed by atoms with E-state index in [1.54, 1.807) is 0 Å². The van der Waals surface area contributed by atoms with Crippen LogP contribution in [0.4, 0.5) is 0 Å². The lowest BCUT2D eigenvalue weighted by molar-refractivity contribution is -0.154. The van der Waals surface area contributed by atoms with Crippen molar-refractivity contribution in [3.8, 4) is 0 Å². The Labute approximate surface area is 64.5 Å². The minimum atomic E-state index is -0.867. The Morgan fingerprint density at radius 1 is 1.36 bits per heavy atom. The molecule has 1 rings (SSSR count). The Bertz CT molecular complexity index is 157. The van der Waals surface area contributed by atoms with Crippen molar-refractivity contribution < 1.29 is 20.1 Å². The topological polar surface area (TPSA) is 77.8 Å². The van der Waals surface area contributed by atoms with Gasteiger partial charge < -0.3 is 15.3 Å². The lowest BCUT2D eigenvalue weighted by Crippen LogP contribution is -2.45. The van der Waals surface area contributed by atoms with Crippen molar-refractivity contribution in [3.63, 3.8) is 0 Å². The molecule has 0 aromatic rings. The number of carboxylic acid groups (broad SMARTS) is 1. The summed E-state index contributed by atoms with van der Waals surface area (Å²) in [6.45, 7) is -0.156. The number of hydrogen-bond acceptors (Lipinski definition) is 3. The number of aliphatic hydroxyl groups excluding tert-OH is 2. The SMILES string of the molecule is O=C(O)[C@@H]1C[C@H](CO)[C@H]1CO. The van der Waals surface area contributed by atoms with Crippen LogP contribution in [0.1, 0.15) is 6.42 Å². The number of carboxylic acids is 1. The van der Waals surface area contributed by atoms with Gasteiger partial charge in [-0.3, -0.25) is 4.79 Å². The van der Waals surface area contributed by atoms with Crippen LogP contribution in [0.25, 0.3) is 0 Å². The monoisotopic (exact) mass is 160 g/mol. The zero-order valence-electron chi connectivity index (χ0n) is 6.10. The molecule has 0 radical (unpaired) electrons. The summed E-state index contributed by atoms with van der Waals surface area (Å²) < 4.78 is 0. The summed E-state index contributed by atoms with van der Waals surface area (Å²) in [6.07, 6.45) is 0.497. The van der Waals surface area contributed by atoms with E-state index in [-0.39, 0.29) is 25.0 Å². The maximum absolute atomic E-state index is 10.4. The highest BCUT2D eigenvalue weighted by Crippen LogP contribution is 2.39. The molecule has 3 N–H and O–H groups in total. The molecule has 0 saturated heterocycles. The highest BCUT2D eigenvalue weighted by Gasteiger charge is 2.44. The molecule has 4 heteroatoms. The molecule has 0 unspecified atom stereocenters. The maximum atomic E-state index is 10.4. The van der Waals surface area contributed by atoms with Gasteiger partial charge in [0.2, 0.25) is 0 Å². The summed E-state index contributed by atoms with van der Waals surface area (Å²) in [5, 5.41) is 26.0. The number of aliphatic hydroxyl groups is 2. The molecule has 1 aliphatic rings. The van der Waals surface area contributed by atoms with Gasteiger partial charge in [0.05, 0.1) is 5.92 Å². The van der Waals surface area contributed by atoms with Gasteiger partial charge in [-0.05, 0) is 12.3 Å². The molecule has 0 bridgehead atoms. The van der Waals surface area contributed by atoms with Crippen LogP contribution in [0.2, 0.25) is 0 Å². The largest absolute Gasteiger partial charge is 0.481 e. The summed E-state index contributed by atoms with van der Waals surface area (Å²) in [5.41, 5.74) is 0. The number of carbonyl (C=O) groups is 1. The van der Waals surface area contributed by atoms with Crippen LogP contribution in [0.15, 0.2) is 0 Å². The molecule has 64 valence electrons. The second-order valence-corrected chi connectivity index (χ2v) is 2.97. The third-order valence-electron chi connectivity index (χ3n) is 2.44. The van der Waals surface area contributed by atoms with Crippen LogP contribution in [-0.4, -0.2) is 34.5 Å². The average molecular weight is 160 g/mol. The molecule has 0 aliphatic heterocycles. The normalized spacial score (nSPS) is 36.4.